The Bertz CT molecular complexity index is 178. The fourth-order valence-electron chi connectivity index (χ4n) is 0.583. The molecule has 1 aliphatic rings. The largest absolute Gasteiger partial charge is 0.460 e. The molecule has 0 bridgehead atoms. The van der Waals surface area contributed by atoms with Crippen molar-refractivity contribution in [2.24, 2.45) is 0 Å². The van der Waals surface area contributed by atoms with Gasteiger partial charge in [-0.15, -0.1) is 0 Å². The van der Waals surface area contributed by atoms with Crippen LogP contribution in [0.15, 0.2) is 24.2 Å². The van der Waals surface area contributed by atoms with E-state index >= 15 is 0 Å². The van der Waals surface area contributed by atoms with Gasteiger partial charge in [-0.25, -0.2) is 0 Å². The van der Waals surface area contributed by atoms with Crippen LogP contribution in [0.4, 0.5) is 13.2 Å². The van der Waals surface area contributed by atoms with E-state index in [1.165, 1.54) is 6.08 Å². The van der Waals surface area contributed by atoms with Crippen molar-refractivity contribution in [2.45, 2.75) is 12.6 Å². The van der Waals surface area contributed by atoms with Gasteiger partial charge in [0.15, 0.2) is 0 Å². The number of ether oxygens (including phenoxy) is 1. The molecule has 0 aromatic heterocycles. The molecular weight excluding hydrogens is 145 g/mol. The molecule has 0 N–H and O–H groups in total. The summed E-state index contributed by atoms with van der Waals surface area (Å²) in [7, 11) is 0. The molecule has 0 radical (unpaired) electrons. The summed E-state index contributed by atoms with van der Waals surface area (Å²) in [5.74, 6) is -0.921. The average molecular weight is 150 g/mol. The Morgan fingerprint density at radius 1 is 1.40 bits per heavy atom. The third-order valence-electron chi connectivity index (χ3n) is 1.01. The van der Waals surface area contributed by atoms with Crippen molar-refractivity contribution in [3.05, 3.63) is 24.2 Å². The van der Waals surface area contributed by atoms with Crippen LogP contribution < -0.4 is 0 Å². The number of allylic oxidation sites excluding steroid dienone is 3. The average Bonchev–Trinajstić information content (AvgIpc) is 1.88. The molecule has 0 aromatic carbocycles. The highest BCUT2D eigenvalue weighted by Crippen LogP contribution is 2.28. The van der Waals surface area contributed by atoms with E-state index in [0.717, 1.165) is 12.3 Å². The van der Waals surface area contributed by atoms with Crippen LogP contribution in [0, 0.1) is 0 Å². The molecule has 0 saturated carbocycles. The molecule has 10 heavy (non-hydrogen) atoms. The van der Waals surface area contributed by atoms with Crippen LogP contribution >= 0.6 is 0 Å². The third kappa shape index (κ3) is 1.52. The molecule has 0 amide bonds. The van der Waals surface area contributed by atoms with Crippen molar-refractivity contribution < 1.29 is 17.9 Å². The van der Waals surface area contributed by atoms with E-state index in [0.29, 0.717) is 0 Å². The van der Waals surface area contributed by atoms with Crippen molar-refractivity contribution in [3.8, 4) is 0 Å². The minimum atomic E-state index is -4.34. The smallest absolute Gasteiger partial charge is 0.449 e. The molecule has 0 fully saturated rings. The zero-order chi connectivity index (χ0) is 7.61. The molecule has 1 heterocycles. The Kier molecular flexibility index (Phi) is 1.70. The molecule has 0 unspecified atom stereocenters. The fraction of sp³-hybridized carbons (Fsp3) is 0.333. The lowest BCUT2D eigenvalue weighted by Gasteiger charge is -2.11. The van der Waals surface area contributed by atoms with Gasteiger partial charge in [0.25, 0.3) is 0 Å². The van der Waals surface area contributed by atoms with Crippen molar-refractivity contribution in [1.82, 2.24) is 0 Å². The number of hydrogen-bond acceptors (Lipinski definition) is 1. The van der Waals surface area contributed by atoms with Gasteiger partial charge >= 0.3 is 6.18 Å². The number of alkyl halides is 3. The standard InChI is InChI=1S/C6H5F3O/c7-6(8,9)5-3-1-2-4-10-5/h2-4H,1H2. The summed E-state index contributed by atoms with van der Waals surface area (Å²) >= 11 is 0. The first kappa shape index (κ1) is 7.18. The van der Waals surface area contributed by atoms with E-state index in [-0.39, 0.29) is 6.42 Å². The van der Waals surface area contributed by atoms with Crippen molar-refractivity contribution in [2.75, 3.05) is 0 Å². The Labute approximate surface area is 55.8 Å². The van der Waals surface area contributed by atoms with E-state index in [1.807, 2.05) is 0 Å². The zero-order valence-corrected chi connectivity index (χ0v) is 4.98. The molecule has 1 aliphatic heterocycles. The zero-order valence-electron chi connectivity index (χ0n) is 4.98. The minimum Gasteiger partial charge on any atom is -0.460 e. The van der Waals surface area contributed by atoms with Gasteiger partial charge < -0.3 is 4.74 Å². The number of hydrogen-bond donors (Lipinski definition) is 0. The molecule has 56 valence electrons. The second kappa shape index (κ2) is 2.36. The van der Waals surface area contributed by atoms with Crippen LogP contribution in [0.25, 0.3) is 0 Å². The molecule has 0 aliphatic carbocycles. The Balaban J connectivity index is 2.65. The number of halogens is 3. The molecule has 0 aromatic rings. The van der Waals surface area contributed by atoms with Gasteiger partial charge in [0.05, 0.1) is 6.26 Å². The predicted octanol–water partition coefficient (Wildman–Crippen LogP) is 2.37. The van der Waals surface area contributed by atoms with Gasteiger partial charge in [0.1, 0.15) is 0 Å². The Morgan fingerprint density at radius 3 is 2.40 bits per heavy atom. The van der Waals surface area contributed by atoms with Gasteiger partial charge in [-0.2, -0.15) is 13.2 Å². The van der Waals surface area contributed by atoms with Gasteiger partial charge in [-0.1, -0.05) is 0 Å². The number of rotatable bonds is 0. The first-order valence-electron chi connectivity index (χ1n) is 2.70. The summed E-state index contributed by atoms with van der Waals surface area (Å²) < 4.78 is 39.3. The van der Waals surface area contributed by atoms with Gasteiger partial charge in [-0.3, -0.25) is 0 Å². The highest BCUT2D eigenvalue weighted by Gasteiger charge is 2.35. The van der Waals surface area contributed by atoms with Crippen molar-refractivity contribution in [1.29, 1.82) is 0 Å². The molecule has 1 nitrogen and oxygen atoms in total. The maximum Gasteiger partial charge on any atom is 0.449 e. The first-order chi connectivity index (χ1) is 4.61. The van der Waals surface area contributed by atoms with Crippen LogP contribution in [0.2, 0.25) is 0 Å². The predicted molar refractivity (Wildman–Crippen MR) is 29.0 cm³/mol. The Morgan fingerprint density at radius 2 is 2.10 bits per heavy atom. The normalized spacial score (nSPS) is 18.1. The molecular formula is C6H5F3O. The summed E-state index contributed by atoms with van der Waals surface area (Å²) in [4.78, 5) is 0. The van der Waals surface area contributed by atoms with Crippen LogP contribution in [0.5, 0.6) is 0 Å². The lowest BCUT2D eigenvalue weighted by atomic mass is 10.3. The lowest BCUT2D eigenvalue weighted by Crippen LogP contribution is -2.13. The van der Waals surface area contributed by atoms with E-state index in [1.54, 1.807) is 0 Å². The maximum absolute atomic E-state index is 11.7. The quantitative estimate of drug-likeness (QED) is 0.515. The summed E-state index contributed by atoms with van der Waals surface area (Å²) in [5, 5.41) is 0. The molecule has 0 saturated heterocycles. The van der Waals surface area contributed by atoms with Crippen LogP contribution in [0.1, 0.15) is 6.42 Å². The highest BCUT2D eigenvalue weighted by molar-refractivity contribution is 5.08. The van der Waals surface area contributed by atoms with Crippen molar-refractivity contribution >= 4 is 0 Å². The van der Waals surface area contributed by atoms with Gasteiger partial charge in [0, 0.05) is 0 Å². The summed E-state index contributed by atoms with van der Waals surface area (Å²) in [6, 6.07) is 0. The van der Waals surface area contributed by atoms with Gasteiger partial charge in [0.2, 0.25) is 5.76 Å². The van der Waals surface area contributed by atoms with Crippen LogP contribution in [0.3, 0.4) is 0 Å². The van der Waals surface area contributed by atoms with E-state index in [9.17, 15) is 13.2 Å². The Hall–Kier alpha value is -0.930. The van der Waals surface area contributed by atoms with E-state index < -0.39 is 11.9 Å². The molecule has 1 rings (SSSR count). The summed E-state index contributed by atoms with van der Waals surface area (Å²) in [6.45, 7) is 0. The molecule has 0 spiro atoms. The molecule has 0 atom stereocenters. The maximum atomic E-state index is 11.7. The summed E-state index contributed by atoms with van der Waals surface area (Å²) in [6.07, 6.45) is -0.502. The van der Waals surface area contributed by atoms with E-state index in [2.05, 4.69) is 4.74 Å². The second-order valence-corrected chi connectivity index (χ2v) is 1.79. The SMILES string of the molecule is FC(F)(F)C1=CCC=CO1. The van der Waals surface area contributed by atoms with Crippen molar-refractivity contribution in [3.63, 3.8) is 0 Å². The summed E-state index contributed by atoms with van der Waals surface area (Å²) in [5.41, 5.74) is 0. The fourth-order valence-corrected chi connectivity index (χ4v) is 0.583. The van der Waals surface area contributed by atoms with Crippen LogP contribution in [-0.4, -0.2) is 6.18 Å². The van der Waals surface area contributed by atoms with E-state index in [4.69, 9.17) is 0 Å². The van der Waals surface area contributed by atoms with Crippen LogP contribution in [-0.2, 0) is 4.74 Å². The lowest BCUT2D eigenvalue weighted by molar-refractivity contribution is -0.122. The third-order valence-corrected chi connectivity index (χ3v) is 1.01. The monoisotopic (exact) mass is 150 g/mol. The van der Waals surface area contributed by atoms with Gasteiger partial charge in [-0.05, 0) is 18.6 Å². The topological polar surface area (TPSA) is 9.23 Å². The highest BCUT2D eigenvalue weighted by atomic mass is 19.4. The first-order valence-corrected chi connectivity index (χ1v) is 2.70. The second-order valence-electron chi connectivity index (χ2n) is 1.79. The minimum absolute atomic E-state index is 0.287. The molecule has 4 heteroatoms.